The Balaban J connectivity index is 1.40. The number of carbonyl (C=O) groups is 1. The molecule has 0 spiro atoms. The summed E-state index contributed by atoms with van der Waals surface area (Å²) in [5.41, 5.74) is 0.749. The van der Waals surface area contributed by atoms with E-state index < -0.39 is 0 Å². The normalized spacial score (nSPS) is 19.9. The average Bonchev–Trinajstić information content (AvgIpc) is 3.41. The van der Waals surface area contributed by atoms with Crippen LogP contribution in [0.3, 0.4) is 0 Å². The first-order chi connectivity index (χ1) is 13.7. The Morgan fingerprint density at radius 2 is 1.82 bits per heavy atom. The molecule has 5 heteroatoms. The molecule has 0 aliphatic carbocycles. The van der Waals surface area contributed by atoms with E-state index in [0.29, 0.717) is 6.04 Å². The molecule has 0 bridgehead atoms. The van der Waals surface area contributed by atoms with E-state index in [1.165, 1.54) is 30.8 Å². The molecule has 4 nitrogen and oxygen atoms in total. The molecule has 148 valence electrons. The van der Waals surface area contributed by atoms with Crippen LogP contribution in [0.1, 0.15) is 36.0 Å². The van der Waals surface area contributed by atoms with Crippen LogP contribution in [-0.2, 0) is 0 Å². The molecule has 1 atom stereocenters. The Hall–Kier alpha value is -1.98. The smallest absolute Gasteiger partial charge is 0.254 e. The third-order valence-electron chi connectivity index (χ3n) is 5.68. The SMILES string of the molecule is CSc1cccc(Oc2ccc(C(=O)N3CCCC3CN3CCCC3)cc2)c1. The highest BCUT2D eigenvalue weighted by atomic mass is 32.2. The van der Waals surface area contributed by atoms with Crippen molar-refractivity contribution in [2.75, 3.05) is 32.4 Å². The molecule has 4 rings (SSSR count). The molecule has 1 amide bonds. The largest absolute Gasteiger partial charge is 0.457 e. The van der Waals surface area contributed by atoms with E-state index in [1.807, 2.05) is 42.5 Å². The predicted molar refractivity (Wildman–Crippen MR) is 114 cm³/mol. The number of ether oxygens (including phenoxy) is 1. The van der Waals surface area contributed by atoms with Gasteiger partial charge in [-0.05, 0) is 87.5 Å². The fraction of sp³-hybridized carbons (Fsp3) is 0.435. The van der Waals surface area contributed by atoms with E-state index >= 15 is 0 Å². The minimum Gasteiger partial charge on any atom is -0.457 e. The van der Waals surface area contributed by atoms with Crippen molar-refractivity contribution in [1.29, 1.82) is 0 Å². The summed E-state index contributed by atoms with van der Waals surface area (Å²) in [6.07, 6.45) is 6.87. The van der Waals surface area contributed by atoms with Gasteiger partial charge in [-0.15, -0.1) is 11.8 Å². The fourth-order valence-corrected chi connectivity index (χ4v) is 4.64. The van der Waals surface area contributed by atoms with Crippen LogP contribution in [0.15, 0.2) is 53.4 Å². The number of rotatable bonds is 6. The number of amides is 1. The molecule has 2 aromatic carbocycles. The van der Waals surface area contributed by atoms with Gasteiger partial charge in [0.15, 0.2) is 0 Å². The highest BCUT2D eigenvalue weighted by Gasteiger charge is 2.31. The molecular formula is C23H28N2O2S. The topological polar surface area (TPSA) is 32.8 Å². The van der Waals surface area contributed by atoms with Crippen LogP contribution in [0, 0.1) is 0 Å². The van der Waals surface area contributed by atoms with Crippen LogP contribution >= 0.6 is 11.8 Å². The Bertz CT molecular complexity index is 803. The molecule has 0 radical (unpaired) electrons. The van der Waals surface area contributed by atoms with E-state index in [9.17, 15) is 4.79 Å². The highest BCUT2D eigenvalue weighted by molar-refractivity contribution is 7.98. The summed E-state index contributed by atoms with van der Waals surface area (Å²) in [6, 6.07) is 16.0. The predicted octanol–water partition coefficient (Wildman–Crippen LogP) is 4.90. The molecule has 2 fully saturated rings. The van der Waals surface area contributed by atoms with Crippen LogP contribution in [0.5, 0.6) is 11.5 Å². The molecule has 1 unspecified atom stereocenters. The first-order valence-electron chi connectivity index (χ1n) is 10.2. The zero-order chi connectivity index (χ0) is 19.3. The molecule has 28 heavy (non-hydrogen) atoms. The van der Waals surface area contributed by atoms with Gasteiger partial charge in [-0.3, -0.25) is 4.79 Å². The van der Waals surface area contributed by atoms with E-state index in [0.717, 1.165) is 43.0 Å². The summed E-state index contributed by atoms with van der Waals surface area (Å²) >= 11 is 1.69. The molecule has 2 aromatic rings. The van der Waals surface area contributed by atoms with Crippen LogP contribution < -0.4 is 4.74 Å². The van der Waals surface area contributed by atoms with Crippen LogP contribution in [-0.4, -0.2) is 54.2 Å². The Labute approximate surface area is 171 Å². The van der Waals surface area contributed by atoms with Gasteiger partial charge in [0, 0.05) is 29.6 Å². The zero-order valence-electron chi connectivity index (χ0n) is 16.5. The maximum atomic E-state index is 13.0. The Morgan fingerprint density at radius 3 is 2.57 bits per heavy atom. The second kappa shape index (κ2) is 9.01. The van der Waals surface area contributed by atoms with Gasteiger partial charge in [-0.1, -0.05) is 6.07 Å². The van der Waals surface area contributed by atoms with E-state index in [1.54, 1.807) is 11.8 Å². The van der Waals surface area contributed by atoms with Crippen molar-refractivity contribution in [3.05, 3.63) is 54.1 Å². The van der Waals surface area contributed by atoms with Crippen molar-refractivity contribution < 1.29 is 9.53 Å². The second-order valence-corrected chi connectivity index (χ2v) is 8.49. The lowest BCUT2D eigenvalue weighted by Gasteiger charge is -2.28. The van der Waals surface area contributed by atoms with Crippen LogP contribution in [0.25, 0.3) is 0 Å². The summed E-state index contributed by atoms with van der Waals surface area (Å²) in [7, 11) is 0. The van der Waals surface area contributed by atoms with Crippen molar-refractivity contribution in [3.63, 3.8) is 0 Å². The third kappa shape index (κ3) is 4.53. The zero-order valence-corrected chi connectivity index (χ0v) is 17.3. The molecule has 2 aliphatic rings. The summed E-state index contributed by atoms with van der Waals surface area (Å²) < 4.78 is 5.95. The third-order valence-corrected chi connectivity index (χ3v) is 6.41. The standard InChI is InChI=1S/C23H28N2O2S/c1-28-22-8-4-7-21(16-22)27-20-11-9-18(10-12-20)23(26)25-15-5-6-19(25)17-24-13-2-3-14-24/h4,7-12,16,19H,2-3,5-6,13-15,17H2,1H3. The van der Waals surface area contributed by atoms with Crippen molar-refractivity contribution in [3.8, 4) is 11.5 Å². The molecular weight excluding hydrogens is 368 g/mol. The lowest BCUT2D eigenvalue weighted by molar-refractivity contribution is 0.0709. The van der Waals surface area contributed by atoms with Gasteiger partial charge in [0.1, 0.15) is 11.5 Å². The lowest BCUT2D eigenvalue weighted by Crippen LogP contribution is -2.42. The van der Waals surface area contributed by atoms with Gasteiger partial charge in [0.25, 0.3) is 5.91 Å². The minimum absolute atomic E-state index is 0.151. The molecule has 2 heterocycles. The molecule has 0 N–H and O–H groups in total. The Morgan fingerprint density at radius 1 is 1.04 bits per heavy atom. The highest BCUT2D eigenvalue weighted by Crippen LogP contribution is 2.27. The summed E-state index contributed by atoms with van der Waals surface area (Å²) in [5, 5.41) is 0. The van der Waals surface area contributed by atoms with E-state index in [-0.39, 0.29) is 5.91 Å². The molecule has 2 aliphatic heterocycles. The van der Waals surface area contributed by atoms with Crippen molar-refractivity contribution in [2.24, 2.45) is 0 Å². The maximum absolute atomic E-state index is 13.0. The quantitative estimate of drug-likeness (QED) is 0.650. The van der Waals surface area contributed by atoms with Crippen molar-refractivity contribution in [1.82, 2.24) is 9.80 Å². The maximum Gasteiger partial charge on any atom is 0.254 e. The summed E-state index contributed by atoms with van der Waals surface area (Å²) in [6.45, 7) is 4.26. The van der Waals surface area contributed by atoms with Crippen LogP contribution in [0.4, 0.5) is 0 Å². The van der Waals surface area contributed by atoms with E-state index in [4.69, 9.17) is 4.74 Å². The lowest BCUT2D eigenvalue weighted by atomic mass is 10.1. The van der Waals surface area contributed by atoms with Crippen molar-refractivity contribution in [2.45, 2.75) is 36.6 Å². The van der Waals surface area contributed by atoms with Crippen molar-refractivity contribution >= 4 is 17.7 Å². The van der Waals surface area contributed by atoms with Gasteiger partial charge >= 0.3 is 0 Å². The number of thioether (sulfide) groups is 1. The minimum atomic E-state index is 0.151. The number of benzene rings is 2. The van der Waals surface area contributed by atoms with E-state index in [2.05, 4.69) is 22.1 Å². The molecule has 0 aromatic heterocycles. The summed E-state index contributed by atoms with van der Waals surface area (Å²) in [5.74, 6) is 1.72. The second-order valence-electron chi connectivity index (χ2n) is 7.61. The first-order valence-corrected chi connectivity index (χ1v) is 11.4. The molecule has 2 saturated heterocycles. The van der Waals surface area contributed by atoms with Gasteiger partial charge in [-0.2, -0.15) is 0 Å². The van der Waals surface area contributed by atoms with Gasteiger partial charge in [0.2, 0.25) is 0 Å². The van der Waals surface area contributed by atoms with Gasteiger partial charge in [-0.25, -0.2) is 0 Å². The average molecular weight is 397 g/mol. The van der Waals surface area contributed by atoms with Crippen LogP contribution in [0.2, 0.25) is 0 Å². The number of nitrogens with zero attached hydrogens (tertiary/aromatic N) is 2. The fourth-order valence-electron chi connectivity index (χ4n) is 4.19. The number of likely N-dealkylation sites (tertiary alicyclic amines) is 2. The monoisotopic (exact) mass is 396 g/mol. The molecule has 0 saturated carbocycles. The van der Waals surface area contributed by atoms with Gasteiger partial charge in [0.05, 0.1) is 0 Å². The Kier molecular flexibility index (Phi) is 6.23. The number of hydrogen-bond acceptors (Lipinski definition) is 4. The first kappa shape index (κ1) is 19.3. The number of hydrogen-bond donors (Lipinski definition) is 0. The number of carbonyl (C=O) groups excluding carboxylic acids is 1. The van der Waals surface area contributed by atoms with Gasteiger partial charge < -0.3 is 14.5 Å². The summed E-state index contributed by atoms with van der Waals surface area (Å²) in [4.78, 5) is 18.8.